The van der Waals surface area contributed by atoms with Crippen LogP contribution in [0.5, 0.6) is 0 Å². The maximum Gasteiger partial charge on any atom is 0.217 e. The van der Waals surface area contributed by atoms with Crippen molar-refractivity contribution in [2.75, 3.05) is 0 Å². The van der Waals surface area contributed by atoms with E-state index in [9.17, 15) is 4.79 Å². The fraction of sp³-hybridized carbons (Fsp3) is 0.562. The molecule has 19 heavy (non-hydrogen) atoms. The van der Waals surface area contributed by atoms with E-state index in [0.717, 1.165) is 5.56 Å². The van der Waals surface area contributed by atoms with Crippen LogP contribution in [0.4, 0.5) is 0 Å². The summed E-state index contributed by atoms with van der Waals surface area (Å²) >= 11 is 5.73. The second-order valence-electron chi connectivity index (χ2n) is 4.68. The molecule has 1 aromatic carbocycles. The number of halogens is 1. The summed E-state index contributed by atoms with van der Waals surface area (Å²) in [5.74, 6) is -0.0255. The van der Waals surface area contributed by atoms with Crippen LogP contribution in [-0.2, 0) is 4.79 Å². The molecule has 0 aliphatic rings. The first-order valence-electron chi connectivity index (χ1n) is 7.03. The molecule has 0 saturated heterocycles. The Labute approximate surface area is 122 Å². The Kier molecular flexibility index (Phi) is 10.3. The zero-order valence-electron chi connectivity index (χ0n) is 12.5. The van der Waals surface area contributed by atoms with E-state index in [4.69, 9.17) is 11.6 Å². The van der Waals surface area contributed by atoms with Gasteiger partial charge in [-0.1, -0.05) is 63.3 Å². The number of carbonyl (C=O) groups excluding carboxylic acids is 1. The Morgan fingerprint density at radius 2 is 1.63 bits per heavy atom. The molecule has 0 fully saturated rings. The van der Waals surface area contributed by atoms with Gasteiger partial charge in [0.05, 0.1) is 6.04 Å². The molecule has 0 bridgehead atoms. The van der Waals surface area contributed by atoms with Crippen molar-refractivity contribution in [2.24, 2.45) is 0 Å². The van der Waals surface area contributed by atoms with E-state index in [1.165, 1.54) is 32.6 Å². The zero-order valence-corrected chi connectivity index (χ0v) is 13.3. The normalized spacial score (nSPS) is 11.2. The summed E-state index contributed by atoms with van der Waals surface area (Å²) in [6.45, 7) is 7.91. The standard InChI is InChI=1S/C10H12ClNO.C6H14/c1-7(12-8(2)13)9-3-5-10(11)6-4-9;1-3-5-6-4-2/h3-7H,1-2H3,(H,12,13);3-6H2,1-2H3. The molecule has 0 aliphatic carbocycles. The summed E-state index contributed by atoms with van der Waals surface area (Å²) in [7, 11) is 0. The lowest BCUT2D eigenvalue weighted by Gasteiger charge is -2.12. The minimum absolute atomic E-state index is 0.0255. The molecule has 0 aromatic heterocycles. The molecule has 0 radical (unpaired) electrons. The smallest absolute Gasteiger partial charge is 0.217 e. The molecule has 0 aliphatic heterocycles. The van der Waals surface area contributed by atoms with Gasteiger partial charge in [0.1, 0.15) is 0 Å². The lowest BCUT2D eigenvalue weighted by molar-refractivity contribution is -0.119. The average Bonchev–Trinajstić information content (AvgIpc) is 2.37. The molecule has 1 unspecified atom stereocenters. The van der Waals surface area contributed by atoms with Crippen molar-refractivity contribution in [3.8, 4) is 0 Å². The van der Waals surface area contributed by atoms with Crippen LogP contribution in [0.1, 0.15) is 65.0 Å². The number of hydrogen-bond donors (Lipinski definition) is 1. The highest BCUT2D eigenvalue weighted by Gasteiger charge is 2.05. The third-order valence-corrected chi connectivity index (χ3v) is 3.00. The molecule has 1 N–H and O–H groups in total. The molecule has 0 heterocycles. The van der Waals surface area contributed by atoms with Crippen molar-refractivity contribution in [1.82, 2.24) is 5.32 Å². The number of unbranched alkanes of at least 4 members (excludes halogenated alkanes) is 3. The van der Waals surface area contributed by atoms with Gasteiger partial charge >= 0.3 is 0 Å². The monoisotopic (exact) mass is 283 g/mol. The second-order valence-corrected chi connectivity index (χ2v) is 5.12. The van der Waals surface area contributed by atoms with E-state index < -0.39 is 0 Å². The average molecular weight is 284 g/mol. The lowest BCUT2D eigenvalue weighted by atomic mass is 10.1. The van der Waals surface area contributed by atoms with Gasteiger partial charge in [0, 0.05) is 11.9 Å². The molecular formula is C16H26ClNO. The summed E-state index contributed by atoms with van der Waals surface area (Å²) in [5.41, 5.74) is 1.06. The van der Waals surface area contributed by atoms with Crippen LogP contribution in [0.2, 0.25) is 5.02 Å². The van der Waals surface area contributed by atoms with Crippen molar-refractivity contribution in [3.63, 3.8) is 0 Å². The number of amides is 1. The van der Waals surface area contributed by atoms with Crippen LogP contribution in [0.25, 0.3) is 0 Å². The van der Waals surface area contributed by atoms with E-state index in [1.807, 2.05) is 31.2 Å². The highest BCUT2D eigenvalue weighted by molar-refractivity contribution is 6.30. The van der Waals surface area contributed by atoms with Crippen LogP contribution in [0, 0.1) is 0 Å². The Hall–Kier alpha value is -1.02. The Balaban J connectivity index is 0.000000459. The fourth-order valence-electron chi connectivity index (χ4n) is 1.64. The maximum atomic E-state index is 10.8. The molecule has 1 rings (SSSR count). The molecule has 0 saturated carbocycles. The largest absolute Gasteiger partial charge is 0.350 e. The van der Waals surface area contributed by atoms with Gasteiger partial charge in [0.2, 0.25) is 5.91 Å². The Morgan fingerprint density at radius 3 is 2.00 bits per heavy atom. The van der Waals surface area contributed by atoms with E-state index in [-0.39, 0.29) is 11.9 Å². The molecular weight excluding hydrogens is 258 g/mol. The van der Waals surface area contributed by atoms with Gasteiger partial charge < -0.3 is 5.32 Å². The summed E-state index contributed by atoms with van der Waals surface area (Å²) in [5, 5.41) is 3.50. The van der Waals surface area contributed by atoms with Crippen molar-refractivity contribution in [1.29, 1.82) is 0 Å². The first kappa shape index (κ1) is 18.0. The van der Waals surface area contributed by atoms with Crippen molar-refractivity contribution in [3.05, 3.63) is 34.9 Å². The van der Waals surface area contributed by atoms with Crippen molar-refractivity contribution in [2.45, 2.75) is 59.4 Å². The first-order valence-corrected chi connectivity index (χ1v) is 7.41. The lowest BCUT2D eigenvalue weighted by Crippen LogP contribution is -2.23. The van der Waals surface area contributed by atoms with Crippen molar-refractivity contribution < 1.29 is 4.79 Å². The summed E-state index contributed by atoms with van der Waals surface area (Å²) in [4.78, 5) is 10.8. The highest BCUT2D eigenvalue weighted by atomic mass is 35.5. The van der Waals surface area contributed by atoms with Crippen LogP contribution < -0.4 is 5.32 Å². The Morgan fingerprint density at radius 1 is 1.16 bits per heavy atom. The van der Waals surface area contributed by atoms with Gasteiger partial charge in [-0.3, -0.25) is 4.79 Å². The van der Waals surface area contributed by atoms with Gasteiger partial charge in [0.15, 0.2) is 0 Å². The number of benzene rings is 1. The van der Waals surface area contributed by atoms with E-state index in [0.29, 0.717) is 5.02 Å². The minimum atomic E-state index is -0.0255. The predicted molar refractivity (Wildman–Crippen MR) is 83.5 cm³/mol. The number of hydrogen-bond acceptors (Lipinski definition) is 1. The fourth-order valence-corrected chi connectivity index (χ4v) is 1.77. The van der Waals surface area contributed by atoms with Gasteiger partial charge in [0.25, 0.3) is 0 Å². The van der Waals surface area contributed by atoms with Gasteiger partial charge in [-0.25, -0.2) is 0 Å². The molecule has 108 valence electrons. The quantitative estimate of drug-likeness (QED) is 0.746. The molecule has 1 amide bonds. The van der Waals surface area contributed by atoms with Crippen LogP contribution >= 0.6 is 11.6 Å². The van der Waals surface area contributed by atoms with E-state index >= 15 is 0 Å². The van der Waals surface area contributed by atoms with Crippen LogP contribution in [0.15, 0.2) is 24.3 Å². The summed E-state index contributed by atoms with van der Waals surface area (Å²) in [6.07, 6.45) is 5.54. The molecule has 1 aromatic rings. The predicted octanol–water partition coefficient (Wildman–Crippen LogP) is 5.12. The Bertz CT molecular complexity index is 344. The topological polar surface area (TPSA) is 29.1 Å². The highest BCUT2D eigenvalue weighted by Crippen LogP contribution is 2.15. The molecule has 1 atom stereocenters. The van der Waals surface area contributed by atoms with Gasteiger partial charge in [-0.15, -0.1) is 0 Å². The van der Waals surface area contributed by atoms with Gasteiger partial charge in [-0.05, 0) is 24.6 Å². The molecule has 3 heteroatoms. The number of carbonyl (C=O) groups is 1. The van der Waals surface area contributed by atoms with Crippen molar-refractivity contribution >= 4 is 17.5 Å². The zero-order chi connectivity index (χ0) is 14.7. The van der Waals surface area contributed by atoms with Gasteiger partial charge in [-0.2, -0.15) is 0 Å². The molecule has 2 nitrogen and oxygen atoms in total. The molecule has 0 spiro atoms. The van der Waals surface area contributed by atoms with Crippen LogP contribution in [0.3, 0.4) is 0 Å². The minimum Gasteiger partial charge on any atom is -0.350 e. The third kappa shape index (κ3) is 9.54. The van der Waals surface area contributed by atoms with Crippen LogP contribution in [-0.4, -0.2) is 5.91 Å². The number of nitrogens with one attached hydrogen (secondary N) is 1. The maximum absolute atomic E-state index is 10.8. The SMILES string of the molecule is CC(=O)NC(C)c1ccc(Cl)cc1.CCCCCC. The third-order valence-electron chi connectivity index (χ3n) is 2.75. The second kappa shape index (κ2) is 10.9. The van der Waals surface area contributed by atoms with E-state index in [1.54, 1.807) is 0 Å². The summed E-state index contributed by atoms with van der Waals surface area (Å²) in [6, 6.07) is 7.48. The summed E-state index contributed by atoms with van der Waals surface area (Å²) < 4.78 is 0. The number of rotatable bonds is 5. The van der Waals surface area contributed by atoms with E-state index in [2.05, 4.69) is 19.2 Å². The first-order chi connectivity index (χ1) is 9.01.